The third-order valence-corrected chi connectivity index (χ3v) is 3.76. The molecule has 0 saturated carbocycles. The maximum absolute atomic E-state index is 12.3. The largest absolute Gasteiger partial charge is 0.504 e. The molecule has 21 heavy (non-hydrogen) atoms. The Morgan fingerprint density at radius 3 is 2.67 bits per heavy atom. The molecule has 0 spiro atoms. The molecule has 4 heteroatoms. The molecule has 3 rings (SSSR count). The van der Waals surface area contributed by atoms with E-state index in [1.54, 1.807) is 17.0 Å². The molecule has 1 aliphatic heterocycles. The zero-order chi connectivity index (χ0) is 14.8. The Hall–Kier alpha value is -2.49. The molecule has 2 aromatic rings. The van der Waals surface area contributed by atoms with Crippen LogP contribution in [-0.2, 0) is 17.8 Å². The Morgan fingerprint density at radius 2 is 1.95 bits per heavy atom. The molecule has 0 aromatic heterocycles. The first-order valence-corrected chi connectivity index (χ1v) is 6.93. The van der Waals surface area contributed by atoms with Gasteiger partial charge in [-0.05, 0) is 23.6 Å². The molecule has 0 unspecified atom stereocenters. The molecule has 2 aromatic carbocycles. The third-order valence-electron chi connectivity index (χ3n) is 3.76. The smallest absolute Gasteiger partial charge is 0.227 e. The van der Waals surface area contributed by atoms with Crippen molar-refractivity contribution in [1.29, 1.82) is 0 Å². The van der Waals surface area contributed by atoms with Crippen LogP contribution in [0.5, 0.6) is 11.5 Å². The number of fused-ring (bicyclic) bond motifs is 1. The van der Waals surface area contributed by atoms with Gasteiger partial charge in [0.25, 0.3) is 0 Å². The average molecular weight is 283 g/mol. The summed E-state index contributed by atoms with van der Waals surface area (Å²) in [5, 5.41) is 9.88. The average Bonchev–Trinajstić information content (AvgIpc) is 2.51. The molecular weight excluding hydrogens is 266 g/mol. The van der Waals surface area contributed by atoms with Crippen LogP contribution in [0.1, 0.15) is 17.5 Å². The van der Waals surface area contributed by atoms with Gasteiger partial charge in [0.2, 0.25) is 5.91 Å². The predicted octanol–water partition coefficient (Wildman–Crippen LogP) is 2.88. The minimum Gasteiger partial charge on any atom is -0.504 e. The second-order valence-corrected chi connectivity index (χ2v) is 5.12. The van der Waals surface area contributed by atoms with Gasteiger partial charge < -0.3 is 14.7 Å². The Kier molecular flexibility index (Phi) is 3.52. The van der Waals surface area contributed by atoms with Crippen LogP contribution in [0, 0.1) is 0 Å². The van der Waals surface area contributed by atoms with E-state index in [-0.39, 0.29) is 11.7 Å². The molecule has 0 aliphatic carbocycles. The summed E-state index contributed by atoms with van der Waals surface area (Å²) >= 11 is 0. The second kappa shape index (κ2) is 5.48. The summed E-state index contributed by atoms with van der Waals surface area (Å²) < 4.78 is 5.16. The molecule has 1 aliphatic rings. The van der Waals surface area contributed by atoms with Crippen LogP contribution in [0.25, 0.3) is 0 Å². The first kappa shape index (κ1) is 13.5. The van der Waals surface area contributed by atoms with Crippen LogP contribution in [0.15, 0.2) is 42.5 Å². The molecule has 1 N–H and O–H groups in total. The standard InChI is InChI=1S/C17H17NO3/c1-21-16-10-14-13(9-15(16)19)7-8-17(20)18(14)11-12-5-3-2-4-6-12/h2-6,9-10,19H,7-8,11H2,1H3. The minimum atomic E-state index is 0.0964. The summed E-state index contributed by atoms with van der Waals surface area (Å²) in [4.78, 5) is 14.0. The zero-order valence-corrected chi connectivity index (χ0v) is 11.9. The van der Waals surface area contributed by atoms with Gasteiger partial charge in [-0.25, -0.2) is 0 Å². The molecule has 4 nitrogen and oxygen atoms in total. The number of carbonyl (C=O) groups is 1. The first-order chi connectivity index (χ1) is 10.2. The van der Waals surface area contributed by atoms with Crippen molar-refractivity contribution in [2.75, 3.05) is 12.0 Å². The van der Waals surface area contributed by atoms with Crippen LogP contribution >= 0.6 is 0 Å². The number of methoxy groups -OCH3 is 1. The lowest BCUT2D eigenvalue weighted by Gasteiger charge is -2.30. The fraction of sp³-hybridized carbons (Fsp3) is 0.235. The van der Waals surface area contributed by atoms with E-state index in [1.165, 1.54) is 7.11 Å². The van der Waals surface area contributed by atoms with E-state index in [0.29, 0.717) is 25.1 Å². The lowest BCUT2D eigenvalue weighted by Crippen LogP contribution is -2.34. The van der Waals surface area contributed by atoms with Crippen LogP contribution in [0.4, 0.5) is 5.69 Å². The number of nitrogens with zero attached hydrogens (tertiary/aromatic N) is 1. The number of rotatable bonds is 3. The van der Waals surface area contributed by atoms with Crippen LogP contribution in [-0.4, -0.2) is 18.1 Å². The van der Waals surface area contributed by atoms with Crippen LogP contribution < -0.4 is 9.64 Å². The minimum absolute atomic E-state index is 0.0964. The molecule has 0 radical (unpaired) electrons. The van der Waals surface area contributed by atoms with E-state index in [2.05, 4.69) is 0 Å². The Balaban J connectivity index is 2.00. The van der Waals surface area contributed by atoms with E-state index < -0.39 is 0 Å². The maximum Gasteiger partial charge on any atom is 0.227 e. The van der Waals surface area contributed by atoms with Crippen molar-refractivity contribution >= 4 is 11.6 Å². The second-order valence-electron chi connectivity index (χ2n) is 5.12. The van der Waals surface area contributed by atoms with Gasteiger partial charge in [0.15, 0.2) is 11.5 Å². The third kappa shape index (κ3) is 2.57. The molecule has 108 valence electrons. The lowest BCUT2D eigenvalue weighted by molar-refractivity contribution is -0.119. The number of ether oxygens (including phenoxy) is 1. The van der Waals surface area contributed by atoms with Crippen molar-refractivity contribution < 1.29 is 14.6 Å². The predicted molar refractivity (Wildman–Crippen MR) is 80.6 cm³/mol. The van der Waals surface area contributed by atoms with Crippen molar-refractivity contribution in [3.05, 3.63) is 53.6 Å². The number of anilines is 1. The highest BCUT2D eigenvalue weighted by atomic mass is 16.5. The van der Waals surface area contributed by atoms with Crippen molar-refractivity contribution in [2.45, 2.75) is 19.4 Å². The van der Waals surface area contributed by atoms with Crippen LogP contribution in [0.2, 0.25) is 0 Å². The number of hydrogen-bond acceptors (Lipinski definition) is 3. The number of aryl methyl sites for hydroxylation is 1. The van der Waals surface area contributed by atoms with E-state index >= 15 is 0 Å². The molecule has 1 amide bonds. The molecular formula is C17H17NO3. The number of carbonyl (C=O) groups excluding carboxylic acids is 1. The van der Waals surface area contributed by atoms with E-state index in [0.717, 1.165) is 16.8 Å². The van der Waals surface area contributed by atoms with E-state index in [4.69, 9.17) is 4.74 Å². The summed E-state index contributed by atoms with van der Waals surface area (Å²) in [7, 11) is 1.51. The first-order valence-electron chi connectivity index (χ1n) is 6.93. The van der Waals surface area contributed by atoms with Gasteiger partial charge in [0.1, 0.15) is 0 Å². The lowest BCUT2D eigenvalue weighted by atomic mass is 9.99. The van der Waals surface area contributed by atoms with Gasteiger partial charge in [0, 0.05) is 12.5 Å². The van der Waals surface area contributed by atoms with Gasteiger partial charge in [-0.3, -0.25) is 4.79 Å². The number of phenols is 1. The summed E-state index contributed by atoms with van der Waals surface area (Å²) in [6, 6.07) is 13.3. The number of hydrogen-bond donors (Lipinski definition) is 1. The summed E-state index contributed by atoms with van der Waals surface area (Å²) in [6.07, 6.45) is 1.11. The van der Waals surface area contributed by atoms with E-state index in [1.807, 2.05) is 30.3 Å². The van der Waals surface area contributed by atoms with Crippen molar-refractivity contribution in [3.63, 3.8) is 0 Å². The Labute approximate surface area is 123 Å². The molecule has 0 bridgehead atoms. The van der Waals surface area contributed by atoms with Gasteiger partial charge in [0.05, 0.1) is 19.3 Å². The van der Waals surface area contributed by atoms with Gasteiger partial charge in [-0.2, -0.15) is 0 Å². The fourth-order valence-electron chi connectivity index (χ4n) is 2.67. The quantitative estimate of drug-likeness (QED) is 0.942. The highest BCUT2D eigenvalue weighted by molar-refractivity contribution is 5.96. The molecule has 0 fully saturated rings. The fourth-order valence-corrected chi connectivity index (χ4v) is 2.67. The van der Waals surface area contributed by atoms with Crippen LogP contribution in [0.3, 0.4) is 0 Å². The highest BCUT2D eigenvalue weighted by Gasteiger charge is 2.26. The Bertz CT molecular complexity index is 667. The zero-order valence-electron chi connectivity index (χ0n) is 11.9. The number of phenolic OH excluding ortho intramolecular Hbond substituents is 1. The van der Waals surface area contributed by atoms with Crippen molar-refractivity contribution in [2.24, 2.45) is 0 Å². The monoisotopic (exact) mass is 283 g/mol. The van der Waals surface area contributed by atoms with Gasteiger partial charge in [-0.1, -0.05) is 30.3 Å². The maximum atomic E-state index is 12.3. The summed E-state index contributed by atoms with van der Waals surface area (Å²) in [5.41, 5.74) is 2.87. The topological polar surface area (TPSA) is 49.8 Å². The van der Waals surface area contributed by atoms with Crippen molar-refractivity contribution in [3.8, 4) is 11.5 Å². The van der Waals surface area contributed by atoms with Gasteiger partial charge in [-0.15, -0.1) is 0 Å². The van der Waals surface area contributed by atoms with Gasteiger partial charge >= 0.3 is 0 Å². The normalized spacial score (nSPS) is 14.0. The molecule has 1 heterocycles. The highest BCUT2D eigenvalue weighted by Crippen LogP contribution is 2.38. The number of aromatic hydroxyl groups is 1. The van der Waals surface area contributed by atoms with Crippen molar-refractivity contribution in [1.82, 2.24) is 0 Å². The molecule has 0 saturated heterocycles. The Morgan fingerprint density at radius 1 is 1.19 bits per heavy atom. The number of benzene rings is 2. The molecule has 0 atom stereocenters. The number of amides is 1. The van der Waals surface area contributed by atoms with E-state index in [9.17, 15) is 9.90 Å². The SMILES string of the molecule is COc1cc2c(cc1O)CCC(=O)N2Cc1ccccc1. The summed E-state index contributed by atoms with van der Waals surface area (Å²) in [5.74, 6) is 0.603. The summed E-state index contributed by atoms with van der Waals surface area (Å²) in [6.45, 7) is 0.528.